The van der Waals surface area contributed by atoms with Gasteiger partial charge in [0.1, 0.15) is 13.2 Å². The SMILES string of the molecule is CN(C)c1ccc(C(CNC(=O)C(=O)Nc2ccc3c(c2)OCCO3)N(C)C)cc1. The number of hydrogen-bond donors (Lipinski definition) is 2. The lowest BCUT2D eigenvalue weighted by Crippen LogP contribution is -2.40. The maximum atomic E-state index is 12.3. The van der Waals surface area contributed by atoms with E-state index in [1.54, 1.807) is 18.2 Å². The Balaban J connectivity index is 1.59. The molecular weight excluding hydrogens is 384 g/mol. The first-order valence-electron chi connectivity index (χ1n) is 9.77. The summed E-state index contributed by atoms with van der Waals surface area (Å²) in [6.45, 7) is 1.25. The number of anilines is 2. The van der Waals surface area contributed by atoms with Crippen molar-refractivity contribution in [1.82, 2.24) is 10.2 Å². The van der Waals surface area contributed by atoms with E-state index in [-0.39, 0.29) is 6.04 Å². The highest BCUT2D eigenvalue weighted by Crippen LogP contribution is 2.32. The Hall–Kier alpha value is -3.26. The Bertz CT molecular complexity index is 897. The summed E-state index contributed by atoms with van der Waals surface area (Å²) in [6.07, 6.45) is 0. The molecular formula is C22H28N4O4. The Morgan fingerprint density at radius 3 is 2.23 bits per heavy atom. The number of likely N-dealkylation sites (N-methyl/N-ethyl adjacent to an activating group) is 1. The molecule has 0 spiro atoms. The first-order chi connectivity index (χ1) is 14.3. The van der Waals surface area contributed by atoms with Gasteiger partial charge in [0.25, 0.3) is 0 Å². The van der Waals surface area contributed by atoms with E-state index in [4.69, 9.17) is 9.47 Å². The molecule has 1 aliphatic rings. The van der Waals surface area contributed by atoms with Crippen molar-refractivity contribution < 1.29 is 19.1 Å². The van der Waals surface area contributed by atoms with Gasteiger partial charge in [0, 0.05) is 38.1 Å². The molecule has 8 heteroatoms. The van der Waals surface area contributed by atoms with Crippen molar-refractivity contribution in [2.24, 2.45) is 0 Å². The van der Waals surface area contributed by atoms with Crippen molar-refractivity contribution in [3.8, 4) is 11.5 Å². The van der Waals surface area contributed by atoms with E-state index in [9.17, 15) is 9.59 Å². The van der Waals surface area contributed by atoms with Gasteiger partial charge in [-0.1, -0.05) is 12.1 Å². The summed E-state index contributed by atoms with van der Waals surface area (Å²) in [5.41, 5.74) is 2.63. The molecule has 2 N–H and O–H groups in total. The lowest BCUT2D eigenvalue weighted by atomic mass is 10.1. The van der Waals surface area contributed by atoms with Crippen molar-refractivity contribution in [2.45, 2.75) is 6.04 Å². The molecule has 1 atom stereocenters. The molecule has 2 aromatic carbocycles. The van der Waals surface area contributed by atoms with E-state index >= 15 is 0 Å². The van der Waals surface area contributed by atoms with Gasteiger partial charge in [-0.15, -0.1) is 0 Å². The minimum Gasteiger partial charge on any atom is -0.486 e. The van der Waals surface area contributed by atoms with Crippen LogP contribution in [0.4, 0.5) is 11.4 Å². The summed E-state index contributed by atoms with van der Waals surface area (Å²) >= 11 is 0. The Morgan fingerprint density at radius 1 is 0.933 bits per heavy atom. The molecule has 0 fully saturated rings. The minimum atomic E-state index is -0.730. The fourth-order valence-corrected chi connectivity index (χ4v) is 3.17. The fourth-order valence-electron chi connectivity index (χ4n) is 3.17. The predicted molar refractivity (Wildman–Crippen MR) is 116 cm³/mol. The molecule has 1 aliphatic heterocycles. The fraction of sp³-hybridized carbons (Fsp3) is 0.364. The largest absolute Gasteiger partial charge is 0.486 e. The topological polar surface area (TPSA) is 83.1 Å². The van der Waals surface area contributed by atoms with E-state index in [1.165, 1.54) is 0 Å². The van der Waals surface area contributed by atoms with Crippen LogP contribution in [-0.4, -0.2) is 64.7 Å². The normalized spacial score (nSPS) is 13.5. The third-order valence-corrected chi connectivity index (χ3v) is 4.88. The van der Waals surface area contributed by atoms with Gasteiger partial charge in [-0.25, -0.2) is 0 Å². The molecule has 0 bridgehead atoms. The summed E-state index contributed by atoms with van der Waals surface area (Å²) in [5, 5.41) is 5.32. The molecule has 2 aromatic rings. The van der Waals surface area contributed by atoms with E-state index in [1.807, 2.05) is 62.3 Å². The number of hydrogen-bond acceptors (Lipinski definition) is 6. The zero-order chi connectivity index (χ0) is 21.7. The third kappa shape index (κ3) is 5.21. The molecule has 0 aliphatic carbocycles. The van der Waals surface area contributed by atoms with Gasteiger partial charge in [-0.05, 0) is 43.9 Å². The average molecular weight is 412 g/mol. The van der Waals surface area contributed by atoms with Gasteiger partial charge in [0.2, 0.25) is 0 Å². The molecule has 2 amide bonds. The van der Waals surface area contributed by atoms with Gasteiger partial charge >= 0.3 is 11.8 Å². The van der Waals surface area contributed by atoms with Crippen molar-refractivity contribution in [1.29, 1.82) is 0 Å². The van der Waals surface area contributed by atoms with E-state index in [0.29, 0.717) is 36.9 Å². The molecule has 1 heterocycles. The standard InChI is InChI=1S/C22H28N4O4/c1-25(2)17-8-5-15(6-9-17)18(26(3)4)14-23-21(27)22(28)24-16-7-10-19-20(13-16)30-12-11-29-19/h5-10,13,18H,11-12,14H2,1-4H3,(H,23,27)(H,24,28). The number of ether oxygens (including phenoxy) is 2. The van der Waals surface area contributed by atoms with Crippen molar-refractivity contribution >= 4 is 23.2 Å². The highest BCUT2D eigenvalue weighted by molar-refractivity contribution is 6.39. The van der Waals surface area contributed by atoms with Gasteiger partial charge in [0.05, 0.1) is 6.04 Å². The number of amides is 2. The molecule has 3 rings (SSSR count). The van der Waals surface area contributed by atoms with Crippen LogP contribution in [0.15, 0.2) is 42.5 Å². The monoisotopic (exact) mass is 412 g/mol. The smallest absolute Gasteiger partial charge is 0.313 e. The van der Waals surface area contributed by atoms with Crippen LogP contribution in [0, 0.1) is 0 Å². The second-order valence-corrected chi connectivity index (χ2v) is 7.49. The molecule has 0 radical (unpaired) electrons. The van der Waals surface area contributed by atoms with Gasteiger partial charge in [-0.3, -0.25) is 9.59 Å². The van der Waals surface area contributed by atoms with Gasteiger partial charge < -0.3 is 29.9 Å². The van der Waals surface area contributed by atoms with Crippen LogP contribution in [-0.2, 0) is 9.59 Å². The lowest BCUT2D eigenvalue weighted by Gasteiger charge is -2.25. The molecule has 160 valence electrons. The third-order valence-electron chi connectivity index (χ3n) is 4.88. The van der Waals surface area contributed by atoms with Crippen LogP contribution < -0.4 is 25.0 Å². The minimum absolute atomic E-state index is 0.0627. The highest BCUT2D eigenvalue weighted by Gasteiger charge is 2.20. The van der Waals surface area contributed by atoms with Crippen LogP contribution in [0.25, 0.3) is 0 Å². The van der Waals surface area contributed by atoms with Crippen molar-refractivity contribution in [2.75, 3.05) is 58.2 Å². The lowest BCUT2D eigenvalue weighted by molar-refractivity contribution is -0.136. The Labute approximate surface area is 176 Å². The van der Waals surface area contributed by atoms with Crippen LogP contribution in [0.1, 0.15) is 11.6 Å². The number of carbonyl (C=O) groups excluding carboxylic acids is 2. The quantitative estimate of drug-likeness (QED) is 0.705. The van der Waals surface area contributed by atoms with E-state index in [2.05, 4.69) is 10.6 Å². The highest BCUT2D eigenvalue weighted by atomic mass is 16.6. The molecule has 0 saturated carbocycles. The molecule has 30 heavy (non-hydrogen) atoms. The second-order valence-electron chi connectivity index (χ2n) is 7.49. The van der Waals surface area contributed by atoms with Crippen LogP contribution in [0.2, 0.25) is 0 Å². The zero-order valence-electron chi connectivity index (χ0n) is 17.8. The van der Waals surface area contributed by atoms with Crippen LogP contribution in [0.5, 0.6) is 11.5 Å². The zero-order valence-corrected chi connectivity index (χ0v) is 17.8. The van der Waals surface area contributed by atoms with Crippen LogP contribution in [0.3, 0.4) is 0 Å². The molecule has 0 aromatic heterocycles. The number of benzene rings is 2. The van der Waals surface area contributed by atoms with Crippen LogP contribution >= 0.6 is 0 Å². The number of fused-ring (bicyclic) bond motifs is 1. The van der Waals surface area contributed by atoms with Gasteiger partial charge in [-0.2, -0.15) is 0 Å². The number of nitrogens with zero attached hydrogens (tertiary/aromatic N) is 2. The maximum absolute atomic E-state index is 12.3. The first-order valence-corrected chi connectivity index (χ1v) is 9.77. The summed E-state index contributed by atoms with van der Waals surface area (Å²) in [7, 11) is 7.84. The summed E-state index contributed by atoms with van der Waals surface area (Å²) in [6, 6.07) is 13.1. The number of carbonyl (C=O) groups is 2. The van der Waals surface area contributed by atoms with E-state index < -0.39 is 11.8 Å². The predicted octanol–water partition coefficient (Wildman–Crippen LogP) is 1.88. The molecule has 0 saturated heterocycles. The second kappa shape index (κ2) is 9.49. The maximum Gasteiger partial charge on any atom is 0.313 e. The molecule has 1 unspecified atom stereocenters. The average Bonchev–Trinajstić information content (AvgIpc) is 2.73. The van der Waals surface area contributed by atoms with Crippen molar-refractivity contribution in [3.63, 3.8) is 0 Å². The number of nitrogens with one attached hydrogen (secondary N) is 2. The Kier molecular flexibility index (Phi) is 6.79. The van der Waals surface area contributed by atoms with Gasteiger partial charge in [0.15, 0.2) is 11.5 Å². The summed E-state index contributed by atoms with van der Waals surface area (Å²) in [4.78, 5) is 28.7. The summed E-state index contributed by atoms with van der Waals surface area (Å²) < 4.78 is 11.0. The van der Waals surface area contributed by atoms with E-state index in [0.717, 1.165) is 11.3 Å². The first kappa shape index (κ1) is 21.4. The number of rotatable bonds is 6. The Morgan fingerprint density at radius 2 is 1.60 bits per heavy atom. The molecule has 8 nitrogen and oxygen atoms in total. The summed E-state index contributed by atoms with van der Waals surface area (Å²) in [5.74, 6) is -0.250. The van der Waals surface area contributed by atoms with Crippen molar-refractivity contribution in [3.05, 3.63) is 48.0 Å².